The minimum atomic E-state index is -3.46. The molecule has 2 bridgehead atoms. The van der Waals surface area contributed by atoms with Gasteiger partial charge in [0.05, 0.1) is 13.2 Å². The number of hydrogen-bond acceptors (Lipinski definition) is 5. The number of fused-ring (bicyclic) bond motifs is 2. The molecule has 144 valence electrons. The van der Waals surface area contributed by atoms with Gasteiger partial charge in [-0.2, -0.15) is 4.31 Å². The first-order valence-electron chi connectivity index (χ1n) is 9.72. The number of ether oxygens (including phenoxy) is 1. The molecular formula is C19H29N3O3S. The van der Waals surface area contributed by atoms with Crippen LogP contribution in [-0.2, 0) is 14.8 Å². The van der Waals surface area contributed by atoms with Crippen LogP contribution in [0.4, 0.5) is 0 Å². The van der Waals surface area contributed by atoms with Crippen molar-refractivity contribution >= 4 is 10.0 Å². The van der Waals surface area contributed by atoms with Crippen molar-refractivity contribution in [3.63, 3.8) is 0 Å². The monoisotopic (exact) mass is 379 g/mol. The Morgan fingerprint density at radius 2 is 1.81 bits per heavy atom. The summed E-state index contributed by atoms with van der Waals surface area (Å²) in [5.41, 5.74) is 1.65. The molecule has 0 N–H and O–H groups in total. The van der Waals surface area contributed by atoms with Gasteiger partial charge in [-0.25, -0.2) is 8.42 Å². The molecule has 3 aliphatic heterocycles. The van der Waals surface area contributed by atoms with Gasteiger partial charge in [-0.15, -0.1) is 0 Å². The Kier molecular flexibility index (Phi) is 5.07. The van der Waals surface area contributed by atoms with Gasteiger partial charge in [0.2, 0.25) is 10.0 Å². The summed E-state index contributed by atoms with van der Waals surface area (Å²) in [5.74, 6) is 0.592. The third kappa shape index (κ3) is 3.42. The van der Waals surface area contributed by atoms with E-state index in [1.54, 1.807) is 6.20 Å². The fourth-order valence-corrected chi connectivity index (χ4v) is 7.05. The Bertz CT molecular complexity index is 747. The van der Waals surface area contributed by atoms with Crippen LogP contribution in [0.1, 0.15) is 36.9 Å². The largest absolute Gasteiger partial charge is 0.379 e. The Labute approximate surface area is 156 Å². The molecule has 0 saturated carbocycles. The summed E-state index contributed by atoms with van der Waals surface area (Å²) in [6.07, 6.45) is 5.47. The number of piperidine rings is 1. The van der Waals surface area contributed by atoms with Crippen LogP contribution in [0.2, 0.25) is 0 Å². The second-order valence-electron chi connectivity index (χ2n) is 8.06. The predicted octanol–water partition coefficient (Wildman–Crippen LogP) is 1.96. The summed E-state index contributed by atoms with van der Waals surface area (Å²) in [5, 5.41) is 0. The Balaban J connectivity index is 1.50. The minimum Gasteiger partial charge on any atom is -0.379 e. The van der Waals surface area contributed by atoms with Gasteiger partial charge in [0.15, 0.2) is 0 Å². The van der Waals surface area contributed by atoms with E-state index in [9.17, 15) is 8.42 Å². The van der Waals surface area contributed by atoms with Crippen molar-refractivity contribution in [1.82, 2.24) is 14.2 Å². The molecule has 4 heterocycles. The van der Waals surface area contributed by atoms with E-state index >= 15 is 0 Å². The number of pyridine rings is 1. The summed E-state index contributed by atoms with van der Waals surface area (Å²) in [6, 6.07) is 2.15. The molecule has 26 heavy (non-hydrogen) atoms. The highest BCUT2D eigenvalue weighted by molar-refractivity contribution is 7.89. The molecule has 1 unspecified atom stereocenters. The van der Waals surface area contributed by atoms with Gasteiger partial charge in [-0.3, -0.25) is 9.88 Å². The number of nitrogens with zero attached hydrogens (tertiary/aromatic N) is 3. The zero-order valence-corrected chi connectivity index (χ0v) is 16.5. The van der Waals surface area contributed by atoms with Crippen LogP contribution >= 0.6 is 0 Å². The van der Waals surface area contributed by atoms with Crippen LogP contribution in [0, 0.1) is 19.8 Å². The van der Waals surface area contributed by atoms with E-state index < -0.39 is 10.0 Å². The predicted molar refractivity (Wildman–Crippen MR) is 99.5 cm³/mol. The van der Waals surface area contributed by atoms with Crippen molar-refractivity contribution in [3.8, 4) is 0 Å². The van der Waals surface area contributed by atoms with Crippen molar-refractivity contribution in [1.29, 1.82) is 0 Å². The lowest BCUT2D eigenvalue weighted by Gasteiger charge is -2.40. The number of aryl methyl sites for hydroxylation is 2. The van der Waals surface area contributed by atoms with E-state index in [1.165, 1.54) is 0 Å². The molecule has 0 aromatic carbocycles. The number of sulfonamides is 1. The third-order valence-electron chi connectivity index (χ3n) is 6.14. The first kappa shape index (κ1) is 18.3. The van der Waals surface area contributed by atoms with E-state index in [-0.39, 0.29) is 12.1 Å². The van der Waals surface area contributed by atoms with Gasteiger partial charge in [-0.1, -0.05) is 0 Å². The minimum absolute atomic E-state index is 0.144. The second kappa shape index (κ2) is 7.19. The van der Waals surface area contributed by atoms with Gasteiger partial charge in [-0.05, 0) is 57.1 Å². The summed E-state index contributed by atoms with van der Waals surface area (Å²) >= 11 is 0. The van der Waals surface area contributed by atoms with Crippen LogP contribution in [0.5, 0.6) is 0 Å². The Morgan fingerprint density at radius 1 is 1.15 bits per heavy atom. The molecule has 4 rings (SSSR count). The van der Waals surface area contributed by atoms with Crippen LogP contribution < -0.4 is 0 Å². The summed E-state index contributed by atoms with van der Waals surface area (Å²) in [7, 11) is -3.46. The normalized spacial score (nSPS) is 30.6. The van der Waals surface area contributed by atoms with Crippen molar-refractivity contribution in [3.05, 3.63) is 23.5 Å². The fourth-order valence-electron chi connectivity index (χ4n) is 5.00. The molecule has 0 aliphatic carbocycles. The maximum atomic E-state index is 13.3. The molecular weight excluding hydrogens is 350 g/mol. The van der Waals surface area contributed by atoms with Gasteiger partial charge in [0, 0.05) is 43.6 Å². The molecule has 0 amide bonds. The SMILES string of the molecule is Cc1cc(C)c(S(=O)(=O)N2[C@@H]3CC[C@H]2CC(CN2CCOCC2)C3)cn1. The summed E-state index contributed by atoms with van der Waals surface area (Å²) < 4.78 is 33.9. The molecule has 0 radical (unpaired) electrons. The second-order valence-corrected chi connectivity index (χ2v) is 9.87. The van der Waals surface area contributed by atoms with E-state index in [1.807, 2.05) is 24.2 Å². The van der Waals surface area contributed by atoms with Gasteiger partial charge >= 0.3 is 0 Å². The fraction of sp³-hybridized carbons (Fsp3) is 0.737. The Hall–Kier alpha value is -1.02. The third-order valence-corrected chi connectivity index (χ3v) is 8.27. The van der Waals surface area contributed by atoms with E-state index in [0.717, 1.165) is 69.8 Å². The molecule has 3 saturated heterocycles. The molecule has 1 aromatic rings. The van der Waals surface area contributed by atoms with Gasteiger partial charge in [0.1, 0.15) is 4.90 Å². The molecule has 3 aliphatic rings. The molecule has 1 aromatic heterocycles. The number of rotatable bonds is 4. The van der Waals surface area contributed by atoms with Crippen LogP contribution in [0.3, 0.4) is 0 Å². The lowest BCUT2D eigenvalue weighted by molar-refractivity contribution is 0.0235. The van der Waals surface area contributed by atoms with Crippen molar-refractivity contribution < 1.29 is 13.2 Å². The number of hydrogen-bond donors (Lipinski definition) is 0. The molecule has 7 heteroatoms. The van der Waals surface area contributed by atoms with Crippen molar-refractivity contribution in [2.45, 2.75) is 56.5 Å². The maximum absolute atomic E-state index is 13.3. The quantitative estimate of drug-likeness (QED) is 0.800. The lowest BCUT2D eigenvalue weighted by atomic mass is 9.92. The first-order chi connectivity index (χ1) is 12.4. The highest BCUT2D eigenvalue weighted by atomic mass is 32.2. The molecule has 0 spiro atoms. The smallest absolute Gasteiger partial charge is 0.245 e. The van der Waals surface area contributed by atoms with E-state index in [2.05, 4.69) is 9.88 Å². The van der Waals surface area contributed by atoms with E-state index in [4.69, 9.17) is 4.74 Å². The first-order valence-corrected chi connectivity index (χ1v) is 11.2. The molecule has 3 fully saturated rings. The van der Waals surface area contributed by atoms with Gasteiger partial charge in [0.25, 0.3) is 0 Å². The lowest BCUT2D eigenvalue weighted by Crippen LogP contribution is -2.49. The maximum Gasteiger partial charge on any atom is 0.245 e. The highest BCUT2D eigenvalue weighted by Gasteiger charge is 2.47. The summed E-state index contributed by atoms with van der Waals surface area (Å²) in [6.45, 7) is 8.48. The van der Waals surface area contributed by atoms with Crippen LogP contribution in [0.15, 0.2) is 17.2 Å². The number of morpholine rings is 1. The van der Waals surface area contributed by atoms with E-state index in [0.29, 0.717) is 10.8 Å². The number of aromatic nitrogens is 1. The molecule has 3 atom stereocenters. The average Bonchev–Trinajstić information content (AvgIpc) is 2.88. The standard InChI is InChI=1S/C19H29N3O3S/c1-14-9-15(2)20-12-19(14)26(23,24)22-17-3-4-18(22)11-16(10-17)13-21-5-7-25-8-6-21/h9,12,16-18H,3-8,10-11,13H2,1-2H3/t16?,17-,18+. The Morgan fingerprint density at radius 3 is 2.42 bits per heavy atom. The van der Waals surface area contributed by atoms with Crippen LogP contribution in [-0.4, -0.2) is 67.5 Å². The van der Waals surface area contributed by atoms with Crippen molar-refractivity contribution in [2.75, 3.05) is 32.8 Å². The zero-order chi connectivity index (χ0) is 18.3. The highest BCUT2D eigenvalue weighted by Crippen LogP contribution is 2.42. The average molecular weight is 380 g/mol. The topological polar surface area (TPSA) is 62.7 Å². The van der Waals surface area contributed by atoms with Crippen LogP contribution in [0.25, 0.3) is 0 Å². The summed E-state index contributed by atoms with van der Waals surface area (Å²) in [4.78, 5) is 7.10. The molecule has 6 nitrogen and oxygen atoms in total. The van der Waals surface area contributed by atoms with Gasteiger partial charge < -0.3 is 4.74 Å². The van der Waals surface area contributed by atoms with Crippen molar-refractivity contribution in [2.24, 2.45) is 5.92 Å². The zero-order valence-electron chi connectivity index (χ0n) is 15.7.